The third-order valence-corrected chi connectivity index (χ3v) is 1.98. The van der Waals surface area contributed by atoms with Crippen LogP contribution in [-0.2, 0) is 0 Å². The van der Waals surface area contributed by atoms with Crippen LogP contribution in [0.3, 0.4) is 0 Å². The molecule has 1 aromatic heterocycles. The minimum atomic E-state index is 0.0132. The molecule has 0 N–H and O–H groups in total. The summed E-state index contributed by atoms with van der Waals surface area (Å²) in [5.41, 5.74) is 0.534. The van der Waals surface area contributed by atoms with Gasteiger partial charge in [-0.25, -0.2) is 9.97 Å². The molecule has 0 bridgehead atoms. The normalized spacial score (nSPS) is 16.1. The Balaban J connectivity index is 2.32. The van der Waals surface area contributed by atoms with Crippen molar-refractivity contribution in [2.75, 3.05) is 0 Å². The average Bonchev–Trinajstić information content (AvgIpc) is 2.87. The van der Waals surface area contributed by atoms with Crippen molar-refractivity contribution in [1.29, 1.82) is 0 Å². The van der Waals surface area contributed by atoms with Gasteiger partial charge >= 0.3 is 0 Å². The van der Waals surface area contributed by atoms with E-state index in [1.807, 2.05) is 0 Å². The molecule has 1 fully saturated rings. The Morgan fingerprint density at radius 2 is 2.33 bits per heavy atom. The van der Waals surface area contributed by atoms with E-state index in [0.717, 1.165) is 5.82 Å². The van der Waals surface area contributed by atoms with Crippen LogP contribution in [0, 0.1) is 0 Å². The Bertz CT molecular complexity index is 318. The summed E-state index contributed by atoms with van der Waals surface area (Å²) in [4.78, 5) is 19.2. The molecule has 2 rings (SSSR count). The fourth-order valence-corrected chi connectivity index (χ4v) is 1.11. The van der Waals surface area contributed by atoms with Crippen molar-refractivity contribution in [2.24, 2.45) is 0 Å². The molecule has 0 aliphatic heterocycles. The monoisotopic (exact) mass is 162 g/mol. The molecule has 0 aromatic carbocycles. The number of hydrogen-bond acceptors (Lipinski definition) is 3. The van der Waals surface area contributed by atoms with Gasteiger partial charge in [-0.3, -0.25) is 4.79 Å². The smallest absolute Gasteiger partial charge is 0.178 e. The van der Waals surface area contributed by atoms with Crippen LogP contribution in [0.5, 0.6) is 0 Å². The van der Waals surface area contributed by atoms with E-state index in [1.54, 1.807) is 12.3 Å². The van der Waals surface area contributed by atoms with Crippen molar-refractivity contribution in [3.8, 4) is 0 Å². The number of aromatic nitrogens is 2. The standard InChI is InChI=1S/C9H10N2O/c1-6(12)8-4-5-10-9(11-8)7-2-3-7/h4-5,7H,2-3H2,1H3. The van der Waals surface area contributed by atoms with Crippen molar-refractivity contribution in [1.82, 2.24) is 9.97 Å². The van der Waals surface area contributed by atoms with Crippen LogP contribution in [0.4, 0.5) is 0 Å². The zero-order valence-corrected chi connectivity index (χ0v) is 6.95. The number of Topliss-reactive ketones (excluding diaryl/α,β-unsaturated/α-hetero) is 1. The van der Waals surface area contributed by atoms with Gasteiger partial charge in [0.05, 0.1) is 0 Å². The Morgan fingerprint density at radius 3 is 2.92 bits per heavy atom. The van der Waals surface area contributed by atoms with Crippen LogP contribution >= 0.6 is 0 Å². The van der Waals surface area contributed by atoms with E-state index in [9.17, 15) is 4.79 Å². The van der Waals surface area contributed by atoms with Gasteiger partial charge in [-0.1, -0.05) is 0 Å². The van der Waals surface area contributed by atoms with Gasteiger partial charge in [-0.05, 0) is 18.9 Å². The van der Waals surface area contributed by atoms with E-state index in [1.165, 1.54) is 19.8 Å². The maximum absolute atomic E-state index is 11.0. The lowest BCUT2D eigenvalue weighted by molar-refractivity contribution is 0.101. The molecule has 3 heteroatoms. The fraction of sp³-hybridized carbons (Fsp3) is 0.444. The second kappa shape index (κ2) is 2.66. The predicted molar refractivity (Wildman–Crippen MR) is 44.0 cm³/mol. The lowest BCUT2D eigenvalue weighted by Crippen LogP contribution is -2.01. The van der Waals surface area contributed by atoms with E-state index in [0.29, 0.717) is 11.6 Å². The molecule has 0 atom stereocenters. The second-order valence-electron chi connectivity index (χ2n) is 3.13. The highest BCUT2D eigenvalue weighted by atomic mass is 16.1. The van der Waals surface area contributed by atoms with Gasteiger partial charge in [0.1, 0.15) is 11.5 Å². The molecule has 0 radical (unpaired) electrons. The van der Waals surface area contributed by atoms with Crippen LogP contribution in [0.15, 0.2) is 12.3 Å². The quantitative estimate of drug-likeness (QED) is 0.620. The molecule has 12 heavy (non-hydrogen) atoms. The second-order valence-corrected chi connectivity index (χ2v) is 3.13. The molecule has 0 spiro atoms. The number of rotatable bonds is 2. The highest BCUT2D eigenvalue weighted by Crippen LogP contribution is 2.37. The van der Waals surface area contributed by atoms with Crippen LogP contribution in [0.25, 0.3) is 0 Å². The molecule has 3 nitrogen and oxygen atoms in total. The Hall–Kier alpha value is -1.25. The lowest BCUT2D eigenvalue weighted by Gasteiger charge is -1.97. The van der Waals surface area contributed by atoms with E-state index in [2.05, 4.69) is 9.97 Å². The van der Waals surface area contributed by atoms with Crippen molar-refractivity contribution in [3.05, 3.63) is 23.8 Å². The van der Waals surface area contributed by atoms with Crippen LogP contribution in [0.2, 0.25) is 0 Å². The summed E-state index contributed by atoms with van der Waals surface area (Å²) < 4.78 is 0. The molecule has 1 saturated carbocycles. The SMILES string of the molecule is CC(=O)c1ccnc(C2CC2)n1. The summed E-state index contributed by atoms with van der Waals surface area (Å²) in [5.74, 6) is 1.37. The highest BCUT2D eigenvalue weighted by Gasteiger charge is 2.26. The van der Waals surface area contributed by atoms with Gasteiger partial charge < -0.3 is 0 Å². The number of ketones is 1. The molecule has 1 aliphatic rings. The minimum Gasteiger partial charge on any atom is -0.293 e. The summed E-state index contributed by atoms with van der Waals surface area (Å²) in [6.07, 6.45) is 4.00. The Morgan fingerprint density at radius 1 is 1.58 bits per heavy atom. The summed E-state index contributed by atoms with van der Waals surface area (Å²) in [7, 11) is 0. The van der Waals surface area contributed by atoms with Gasteiger partial charge in [-0.15, -0.1) is 0 Å². The molecule has 0 amide bonds. The summed E-state index contributed by atoms with van der Waals surface area (Å²) in [6.45, 7) is 1.53. The van der Waals surface area contributed by atoms with Gasteiger partial charge in [-0.2, -0.15) is 0 Å². The van der Waals surface area contributed by atoms with E-state index in [-0.39, 0.29) is 5.78 Å². The number of hydrogen-bond donors (Lipinski definition) is 0. The van der Waals surface area contributed by atoms with Crippen molar-refractivity contribution in [3.63, 3.8) is 0 Å². The lowest BCUT2D eigenvalue weighted by atomic mass is 10.3. The molecule has 1 heterocycles. The van der Waals surface area contributed by atoms with Crippen molar-refractivity contribution < 1.29 is 4.79 Å². The van der Waals surface area contributed by atoms with E-state index < -0.39 is 0 Å². The van der Waals surface area contributed by atoms with Gasteiger partial charge in [0.15, 0.2) is 5.78 Å². The molecular formula is C9H10N2O. The highest BCUT2D eigenvalue weighted by molar-refractivity contribution is 5.91. The minimum absolute atomic E-state index is 0.0132. The first-order valence-corrected chi connectivity index (χ1v) is 4.11. The fourth-order valence-electron chi connectivity index (χ4n) is 1.11. The molecular weight excluding hydrogens is 152 g/mol. The van der Waals surface area contributed by atoms with Gasteiger partial charge in [0.2, 0.25) is 0 Å². The predicted octanol–water partition coefficient (Wildman–Crippen LogP) is 1.56. The zero-order chi connectivity index (χ0) is 8.55. The maximum atomic E-state index is 11.0. The number of carbonyl (C=O) groups excluding carboxylic acids is 1. The molecule has 1 aromatic rings. The summed E-state index contributed by atoms with van der Waals surface area (Å²) in [5, 5.41) is 0. The molecule has 1 aliphatic carbocycles. The first kappa shape index (κ1) is 7.40. The molecule has 0 saturated heterocycles. The molecule has 62 valence electrons. The van der Waals surface area contributed by atoms with E-state index in [4.69, 9.17) is 0 Å². The first-order valence-electron chi connectivity index (χ1n) is 4.11. The molecule has 0 unspecified atom stereocenters. The van der Waals surface area contributed by atoms with Gasteiger partial charge in [0, 0.05) is 19.0 Å². The third-order valence-electron chi connectivity index (χ3n) is 1.98. The summed E-state index contributed by atoms with van der Waals surface area (Å²) in [6, 6.07) is 1.66. The first-order chi connectivity index (χ1) is 5.77. The Labute approximate surface area is 70.9 Å². The number of nitrogens with zero attached hydrogens (tertiary/aromatic N) is 2. The van der Waals surface area contributed by atoms with Crippen LogP contribution in [0.1, 0.15) is 42.0 Å². The topological polar surface area (TPSA) is 42.9 Å². The third kappa shape index (κ3) is 1.35. The summed E-state index contributed by atoms with van der Waals surface area (Å²) >= 11 is 0. The Kier molecular flexibility index (Phi) is 1.64. The van der Waals surface area contributed by atoms with Crippen LogP contribution < -0.4 is 0 Å². The van der Waals surface area contributed by atoms with Crippen molar-refractivity contribution in [2.45, 2.75) is 25.7 Å². The van der Waals surface area contributed by atoms with Crippen molar-refractivity contribution >= 4 is 5.78 Å². The van der Waals surface area contributed by atoms with Crippen LogP contribution in [-0.4, -0.2) is 15.8 Å². The van der Waals surface area contributed by atoms with Gasteiger partial charge in [0.25, 0.3) is 0 Å². The van der Waals surface area contributed by atoms with E-state index >= 15 is 0 Å². The average molecular weight is 162 g/mol. The zero-order valence-electron chi connectivity index (χ0n) is 6.95. The maximum Gasteiger partial charge on any atom is 0.178 e. The number of carbonyl (C=O) groups is 1. The largest absolute Gasteiger partial charge is 0.293 e.